The molecule has 0 aliphatic heterocycles. The van der Waals surface area contributed by atoms with Crippen molar-refractivity contribution in [3.8, 4) is 11.8 Å². The van der Waals surface area contributed by atoms with E-state index in [0.717, 1.165) is 0 Å². The molecule has 0 spiro atoms. The minimum atomic E-state index is -3.97. The number of ether oxygens (including phenoxy) is 1. The zero-order valence-corrected chi connectivity index (χ0v) is 18.6. The van der Waals surface area contributed by atoms with E-state index in [9.17, 15) is 13.2 Å². The molecule has 0 amide bonds. The number of imidazole rings is 1. The Kier molecular flexibility index (Phi) is 5.63. The van der Waals surface area contributed by atoms with Gasteiger partial charge in [0, 0.05) is 49.1 Å². The fourth-order valence-corrected chi connectivity index (χ4v) is 3.82. The molecule has 4 rings (SSSR count). The summed E-state index contributed by atoms with van der Waals surface area (Å²) in [5, 5.41) is 5.96. The Morgan fingerprint density at radius 1 is 1.25 bits per heavy atom. The number of nitrogens with zero attached hydrogens (tertiary/aromatic N) is 3. The van der Waals surface area contributed by atoms with Crippen LogP contribution in [0.2, 0.25) is 5.02 Å². The van der Waals surface area contributed by atoms with Crippen LogP contribution < -0.4 is 20.2 Å². The number of anilines is 1. The number of aryl methyl sites for hydroxylation is 2. The van der Waals surface area contributed by atoms with Crippen LogP contribution in [0.4, 0.5) is 5.82 Å². The average Bonchev–Trinajstić information content (AvgIpc) is 3.10. The van der Waals surface area contributed by atoms with Crippen LogP contribution in [0.5, 0.6) is 11.8 Å². The number of hydrogen-bond acceptors (Lipinski definition) is 7. The molecule has 12 heteroatoms. The van der Waals surface area contributed by atoms with Crippen LogP contribution in [0.15, 0.2) is 52.1 Å². The van der Waals surface area contributed by atoms with E-state index in [1.807, 2.05) is 0 Å². The van der Waals surface area contributed by atoms with Gasteiger partial charge >= 0.3 is 11.6 Å². The van der Waals surface area contributed by atoms with Crippen molar-refractivity contribution >= 4 is 38.6 Å². The highest BCUT2D eigenvalue weighted by Crippen LogP contribution is 2.34. The van der Waals surface area contributed by atoms with Crippen molar-refractivity contribution < 1.29 is 17.6 Å². The fourth-order valence-electron chi connectivity index (χ4n) is 3.21. The van der Waals surface area contributed by atoms with E-state index in [4.69, 9.17) is 25.9 Å². The van der Waals surface area contributed by atoms with Gasteiger partial charge in [-0.1, -0.05) is 11.6 Å². The lowest BCUT2D eigenvalue weighted by molar-refractivity contribution is 0.424. The van der Waals surface area contributed by atoms with Crippen molar-refractivity contribution in [1.29, 1.82) is 0 Å². The molecule has 0 bridgehead atoms. The van der Waals surface area contributed by atoms with Gasteiger partial charge in [-0.15, -0.1) is 0 Å². The number of nitrogens with one attached hydrogen (secondary N) is 1. The van der Waals surface area contributed by atoms with Crippen LogP contribution in [0, 0.1) is 6.92 Å². The van der Waals surface area contributed by atoms with Crippen molar-refractivity contribution in [1.82, 2.24) is 14.5 Å². The molecule has 3 N–H and O–H groups in total. The first-order chi connectivity index (χ1) is 15.1. The lowest BCUT2D eigenvalue weighted by Gasteiger charge is -2.12. The Balaban J connectivity index is 1.71. The molecule has 4 aromatic rings. The number of fused-ring (bicyclic) bond motifs is 1. The third kappa shape index (κ3) is 4.59. The number of halogens is 1. The molecule has 0 atom stereocenters. The van der Waals surface area contributed by atoms with E-state index in [2.05, 4.69) is 14.7 Å². The maximum Gasteiger partial charge on any atom is 0.340 e. The molecule has 0 saturated carbocycles. The number of aromatic nitrogens is 3. The van der Waals surface area contributed by atoms with Crippen LogP contribution in [-0.4, -0.2) is 23.0 Å². The van der Waals surface area contributed by atoms with Gasteiger partial charge in [0.2, 0.25) is 0 Å². The quantitative estimate of drug-likeness (QED) is 0.408. The lowest BCUT2D eigenvalue weighted by atomic mass is 10.00. The summed E-state index contributed by atoms with van der Waals surface area (Å²) in [6.45, 7) is 1.79. The van der Waals surface area contributed by atoms with Gasteiger partial charge < -0.3 is 13.7 Å². The molecule has 0 aliphatic carbocycles. The van der Waals surface area contributed by atoms with Crippen LogP contribution in [0.25, 0.3) is 11.0 Å². The second kappa shape index (κ2) is 8.26. The van der Waals surface area contributed by atoms with Crippen molar-refractivity contribution in [2.75, 3.05) is 4.72 Å². The van der Waals surface area contributed by atoms with Gasteiger partial charge in [-0.3, -0.25) is 4.72 Å². The van der Waals surface area contributed by atoms with E-state index in [-0.39, 0.29) is 12.2 Å². The van der Waals surface area contributed by atoms with E-state index in [1.165, 1.54) is 12.3 Å². The SMILES string of the molecule is Cc1c(Cc2ccnc(NS(N)(=O)=O)c2)c(=O)oc2cc(Oc3nccn3C)c(Cl)cc12. The molecule has 166 valence electrons. The minimum absolute atomic E-state index is 0.0481. The first kappa shape index (κ1) is 21.8. The number of benzene rings is 1. The standard InChI is InChI=1S/C20H18ClN5O5S/c1-11-13-9-15(21)17(31-20-24-5-6-26(20)2)10-16(13)30-19(27)14(11)7-12-3-4-23-18(8-12)25-32(22,28)29/h3-6,8-10H,7H2,1-2H3,(H,23,25)(H2,22,28,29). The topological polar surface area (TPSA) is 142 Å². The van der Waals surface area contributed by atoms with Gasteiger partial charge in [0.05, 0.1) is 5.02 Å². The summed E-state index contributed by atoms with van der Waals surface area (Å²) < 4.78 is 37.5. The predicted octanol–water partition coefficient (Wildman–Crippen LogP) is 2.88. The number of nitrogens with two attached hydrogens (primary N) is 1. The zero-order chi connectivity index (χ0) is 23.0. The summed E-state index contributed by atoms with van der Waals surface area (Å²) in [4.78, 5) is 20.7. The highest BCUT2D eigenvalue weighted by molar-refractivity contribution is 7.90. The highest BCUT2D eigenvalue weighted by atomic mass is 35.5. The summed E-state index contributed by atoms with van der Waals surface area (Å²) in [7, 11) is -2.19. The second-order valence-corrected chi connectivity index (χ2v) is 8.77. The number of hydrogen-bond donors (Lipinski definition) is 2. The van der Waals surface area contributed by atoms with Crippen molar-refractivity contribution in [3.05, 3.63) is 75.0 Å². The molecule has 0 radical (unpaired) electrons. The van der Waals surface area contributed by atoms with E-state index >= 15 is 0 Å². The van der Waals surface area contributed by atoms with Crippen LogP contribution in [-0.2, 0) is 23.7 Å². The van der Waals surface area contributed by atoms with E-state index in [1.54, 1.807) is 49.1 Å². The summed E-state index contributed by atoms with van der Waals surface area (Å²) in [6.07, 6.45) is 4.92. The normalized spacial score (nSPS) is 11.6. The Bertz CT molecular complexity index is 1500. The van der Waals surface area contributed by atoms with Crippen LogP contribution >= 0.6 is 11.6 Å². The maximum atomic E-state index is 12.7. The van der Waals surface area contributed by atoms with Crippen molar-refractivity contribution in [2.24, 2.45) is 12.2 Å². The fraction of sp³-hybridized carbons (Fsp3) is 0.150. The Morgan fingerprint density at radius 3 is 2.72 bits per heavy atom. The molecule has 0 unspecified atom stereocenters. The smallest absolute Gasteiger partial charge is 0.340 e. The molecule has 1 aromatic carbocycles. The maximum absolute atomic E-state index is 12.7. The second-order valence-electron chi connectivity index (χ2n) is 7.07. The molecular weight excluding hydrogens is 458 g/mol. The molecule has 3 heterocycles. The number of rotatable bonds is 6. The van der Waals surface area contributed by atoms with Gasteiger partial charge in [-0.05, 0) is 36.2 Å². The third-order valence-electron chi connectivity index (χ3n) is 4.77. The molecule has 32 heavy (non-hydrogen) atoms. The molecule has 0 aliphatic rings. The summed E-state index contributed by atoms with van der Waals surface area (Å²) in [6, 6.07) is 6.70. The average molecular weight is 476 g/mol. The van der Waals surface area contributed by atoms with Crippen LogP contribution in [0.1, 0.15) is 16.7 Å². The molecular formula is C20H18ClN5O5S. The highest BCUT2D eigenvalue weighted by Gasteiger charge is 2.16. The summed E-state index contributed by atoms with van der Waals surface area (Å²) in [5.41, 5.74) is 1.51. The Morgan fingerprint density at radius 2 is 2.03 bits per heavy atom. The third-order valence-corrected chi connectivity index (χ3v) is 5.56. The van der Waals surface area contributed by atoms with Crippen molar-refractivity contribution in [3.63, 3.8) is 0 Å². The monoisotopic (exact) mass is 475 g/mol. The molecule has 0 fully saturated rings. The molecule has 0 saturated heterocycles. The number of pyridine rings is 1. The minimum Gasteiger partial charge on any atom is -0.424 e. The lowest BCUT2D eigenvalue weighted by Crippen LogP contribution is -2.22. The van der Waals surface area contributed by atoms with Gasteiger partial charge in [0.1, 0.15) is 11.4 Å². The largest absolute Gasteiger partial charge is 0.424 e. The molecule has 10 nitrogen and oxygen atoms in total. The van der Waals surface area contributed by atoms with Crippen molar-refractivity contribution in [2.45, 2.75) is 13.3 Å². The van der Waals surface area contributed by atoms with Gasteiger partial charge in [0.25, 0.3) is 10.2 Å². The van der Waals surface area contributed by atoms with Gasteiger partial charge in [-0.25, -0.2) is 19.9 Å². The first-order valence-corrected chi connectivity index (χ1v) is 11.2. The van der Waals surface area contributed by atoms with Gasteiger partial charge in [-0.2, -0.15) is 8.42 Å². The summed E-state index contributed by atoms with van der Waals surface area (Å²) >= 11 is 6.41. The first-order valence-electron chi connectivity index (χ1n) is 9.27. The van der Waals surface area contributed by atoms with E-state index < -0.39 is 15.8 Å². The Hall–Kier alpha value is -3.41. The van der Waals surface area contributed by atoms with Crippen LogP contribution in [0.3, 0.4) is 0 Å². The Labute approximate surface area is 187 Å². The van der Waals surface area contributed by atoms with Gasteiger partial charge in [0.15, 0.2) is 5.75 Å². The van der Waals surface area contributed by atoms with E-state index in [0.29, 0.717) is 44.4 Å². The summed E-state index contributed by atoms with van der Waals surface area (Å²) in [5.74, 6) is 0.351. The predicted molar refractivity (Wildman–Crippen MR) is 119 cm³/mol. The zero-order valence-electron chi connectivity index (χ0n) is 17.0. The molecule has 3 aromatic heterocycles.